The summed E-state index contributed by atoms with van der Waals surface area (Å²) in [4.78, 5) is 11.4. The second-order valence-corrected chi connectivity index (χ2v) is 5.50. The van der Waals surface area contributed by atoms with Gasteiger partial charge in [-0.05, 0) is 41.5 Å². The third-order valence-corrected chi connectivity index (χ3v) is 2.12. The zero-order chi connectivity index (χ0) is 16.6. The van der Waals surface area contributed by atoms with Gasteiger partial charge in [0.05, 0.1) is 24.7 Å². The van der Waals surface area contributed by atoms with E-state index in [0.29, 0.717) is 0 Å². The first-order chi connectivity index (χ1) is 9.56. The summed E-state index contributed by atoms with van der Waals surface area (Å²) in [7, 11) is -2.13. The first kappa shape index (κ1) is 20.3. The quantitative estimate of drug-likeness (QED) is 0.462. The molecule has 0 bridgehead atoms. The highest BCUT2D eigenvalue weighted by Crippen LogP contribution is 2.27. The van der Waals surface area contributed by atoms with Gasteiger partial charge in [-0.2, -0.15) is 0 Å². The fraction of sp³-hybridized carbons (Fsp3) is 0.923. The Morgan fingerprint density at radius 2 is 1.33 bits per heavy atom. The zero-order valence-electron chi connectivity index (χ0n) is 13.7. The van der Waals surface area contributed by atoms with E-state index in [1.54, 1.807) is 0 Å². The number of ether oxygens (including phenoxy) is 3. The van der Waals surface area contributed by atoms with Crippen LogP contribution in [0.15, 0.2) is 0 Å². The van der Waals surface area contributed by atoms with E-state index in [0.717, 1.165) is 0 Å². The van der Waals surface area contributed by atoms with E-state index >= 15 is 0 Å². The molecular weight excluding hydrogens is 279 g/mol. The Labute approximate surface area is 126 Å². The third-order valence-electron chi connectivity index (χ3n) is 2.12. The molecule has 0 spiro atoms. The lowest BCUT2D eigenvalue weighted by atomic mass is 10.2. The lowest BCUT2D eigenvalue weighted by molar-refractivity contribution is -0.411. The standard InChI is InChI=1S/C13H27BO7/c1-9(2)18-13(19-10(3)4,20-11(5)6)8-7-12(15)21-14(16)17/h9-11,16-17H,7-8H2,1-6H3. The number of hydrogen-bond donors (Lipinski definition) is 2. The maximum atomic E-state index is 11.4. The molecule has 2 N–H and O–H groups in total. The fourth-order valence-corrected chi connectivity index (χ4v) is 1.77. The van der Waals surface area contributed by atoms with Crippen molar-refractivity contribution in [2.75, 3.05) is 0 Å². The first-order valence-corrected chi connectivity index (χ1v) is 7.15. The van der Waals surface area contributed by atoms with Crippen molar-refractivity contribution < 1.29 is 33.7 Å². The minimum absolute atomic E-state index is 0.0765. The average Bonchev–Trinajstić information content (AvgIpc) is 2.22. The molecule has 124 valence electrons. The lowest BCUT2D eigenvalue weighted by Gasteiger charge is -2.37. The van der Waals surface area contributed by atoms with Crippen molar-refractivity contribution in [1.29, 1.82) is 0 Å². The molecule has 0 aromatic rings. The molecule has 0 aliphatic rings. The zero-order valence-corrected chi connectivity index (χ0v) is 13.7. The highest BCUT2D eigenvalue weighted by molar-refractivity contribution is 6.35. The van der Waals surface area contributed by atoms with Gasteiger partial charge in [0.15, 0.2) is 0 Å². The Hall–Kier alpha value is -0.665. The molecule has 0 aromatic carbocycles. The normalized spacial score (nSPS) is 12.3. The van der Waals surface area contributed by atoms with E-state index in [1.807, 2.05) is 41.5 Å². The van der Waals surface area contributed by atoms with Crippen LogP contribution in [0.25, 0.3) is 0 Å². The molecule has 0 atom stereocenters. The average molecular weight is 306 g/mol. The second-order valence-electron chi connectivity index (χ2n) is 5.50. The Kier molecular flexibility index (Phi) is 9.08. The van der Waals surface area contributed by atoms with Crippen molar-refractivity contribution >= 4 is 13.3 Å². The minimum Gasteiger partial charge on any atom is -0.485 e. The van der Waals surface area contributed by atoms with Crippen molar-refractivity contribution in [3.63, 3.8) is 0 Å². The van der Waals surface area contributed by atoms with Gasteiger partial charge in [0.2, 0.25) is 0 Å². The molecule has 0 aliphatic heterocycles. The van der Waals surface area contributed by atoms with Crippen LogP contribution in [0.3, 0.4) is 0 Å². The van der Waals surface area contributed by atoms with Crippen molar-refractivity contribution in [3.05, 3.63) is 0 Å². The summed E-state index contributed by atoms with van der Waals surface area (Å²) in [5.41, 5.74) is 0. The second kappa shape index (κ2) is 9.37. The monoisotopic (exact) mass is 306 g/mol. The topological polar surface area (TPSA) is 94.5 Å². The van der Waals surface area contributed by atoms with Gasteiger partial charge in [-0.3, -0.25) is 4.79 Å². The largest absolute Gasteiger partial charge is 0.709 e. The maximum absolute atomic E-state index is 11.4. The molecule has 0 rings (SSSR count). The molecule has 0 unspecified atom stereocenters. The van der Waals surface area contributed by atoms with Gasteiger partial charge in [0, 0.05) is 6.42 Å². The number of rotatable bonds is 10. The van der Waals surface area contributed by atoms with Gasteiger partial charge < -0.3 is 28.9 Å². The predicted molar refractivity (Wildman–Crippen MR) is 76.9 cm³/mol. The van der Waals surface area contributed by atoms with Gasteiger partial charge in [0.1, 0.15) is 0 Å². The van der Waals surface area contributed by atoms with E-state index in [2.05, 4.69) is 4.65 Å². The molecular formula is C13H27BO7. The number of hydrogen-bond acceptors (Lipinski definition) is 7. The Morgan fingerprint density at radius 1 is 0.952 bits per heavy atom. The van der Waals surface area contributed by atoms with Crippen LogP contribution in [-0.2, 0) is 23.7 Å². The summed E-state index contributed by atoms with van der Waals surface area (Å²) >= 11 is 0. The van der Waals surface area contributed by atoms with Crippen LogP contribution in [0, 0.1) is 0 Å². The van der Waals surface area contributed by atoms with Gasteiger partial charge in [-0.1, -0.05) is 0 Å². The Balaban J connectivity index is 4.92. The number of carbonyl (C=O) groups excluding carboxylic acids is 1. The van der Waals surface area contributed by atoms with Gasteiger partial charge in [-0.25, -0.2) is 0 Å². The molecule has 0 heterocycles. The molecule has 0 fully saturated rings. The van der Waals surface area contributed by atoms with Crippen molar-refractivity contribution in [3.8, 4) is 0 Å². The molecule has 7 nitrogen and oxygen atoms in total. The summed E-state index contributed by atoms with van der Waals surface area (Å²) in [5, 5.41) is 17.2. The minimum atomic E-state index is -2.13. The molecule has 8 heteroatoms. The van der Waals surface area contributed by atoms with Gasteiger partial charge in [0.25, 0.3) is 11.9 Å². The Bertz CT molecular complexity index is 278. The fourth-order valence-electron chi connectivity index (χ4n) is 1.77. The molecule has 0 saturated carbocycles. The van der Waals surface area contributed by atoms with Crippen LogP contribution in [-0.4, -0.2) is 47.6 Å². The summed E-state index contributed by atoms with van der Waals surface area (Å²) in [6.07, 6.45) is -0.595. The van der Waals surface area contributed by atoms with Crippen molar-refractivity contribution in [2.45, 2.75) is 78.7 Å². The van der Waals surface area contributed by atoms with Crippen LogP contribution in [0.2, 0.25) is 0 Å². The van der Waals surface area contributed by atoms with Crippen LogP contribution in [0.1, 0.15) is 54.4 Å². The molecule has 0 saturated heterocycles. The maximum Gasteiger partial charge on any atom is 0.709 e. The van der Waals surface area contributed by atoms with Crippen LogP contribution >= 0.6 is 0 Å². The summed E-state index contributed by atoms with van der Waals surface area (Å²) < 4.78 is 21.5. The van der Waals surface area contributed by atoms with Gasteiger partial charge in [-0.15, -0.1) is 0 Å². The van der Waals surface area contributed by atoms with Crippen molar-refractivity contribution in [2.24, 2.45) is 0 Å². The summed E-state index contributed by atoms with van der Waals surface area (Å²) in [6, 6.07) is 0. The van der Waals surface area contributed by atoms with E-state index in [1.165, 1.54) is 0 Å². The van der Waals surface area contributed by atoms with Crippen LogP contribution in [0.4, 0.5) is 0 Å². The van der Waals surface area contributed by atoms with Crippen LogP contribution < -0.4 is 0 Å². The van der Waals surface area contributed by atoms with Crippen molar-refractivity contribution in [1.82, 2.24) is 0 Å². The van der Waals surface area contributed by atoms with Gasteiger partial charge >= 0.3 is 7.32 Å². The molecule has 0 aliphatic carbocycles. The molecule has 21 heavy (non-hydrogen) atoms. The SMILES string of the molecule is CC(C)OC(CCC(=O)OB(O)O)(OC(C)C)OC(C)C. The van der Waals surface area contributed by atoms with Crippen LogP contribution in [0.5, 0.6) is 0 Å². The third kappa shape index (κ3) is 9.81. The predicted octanol–water partition coefficient (Wildman–Crippen LogP) is 1.21. The van der Waals surface area contributed by atoms with E-state index in [4.69, 9.17) is 24.3 Å². The smallest absolute Gasteiger partial charge is 0.485 e. The molecule has 0 radical (unpaired) electrons. The highest BCUT2D eigenvalue weighted by Gasteiger charge is 2.38. The number of carbonyl (C=O) groups is 1. The highest BCUT2D eigenvalue weighted by atomic mass is 16.9. The summed E-state index contributed by atoms with van der Waals surface area (Å²) in [5.74, 6) is -2.16. The van der Waals surface area contributed by atoms with E-state index < -0.39 is 19.3 Å². The van der Waals surface area contributed by atoms with E-state index in [-0.39, 0.29) is 31.2 Å². The lowest BCUT2D eigenvalue weighted by Crippen LogP contribution is -2.45. The van der Waals surface area contributed by atoms with E-state index in [9.17, 15) is 4.79 Å². The summed E-state index contributed by atoms with van der Waals surface area (Å²) in [6.45, 7) is 11.0. The molecule has 0 amide bonds. The first-order valence-electron chi connectivity index (χ1n) is 7.15. The Morgan fingerprint density at radius 3 is 1.62 bits per heavy atom. The molecule has 0 aromatic heterocycles.